The topological polar surface area (TPSA) is 106 Å². The van der Waals surface area contributed by atoms with Gasteiger partial charge in [0.25, 0.3) is 5.91 Å². The molecule has 1 heterocycles. The van der Waals surface area contributed by atoms with Crippen molar-refractivity contribution in [1.29, 1.82) is 0 Å². The van der Waals surface area contributed by atoms with E-state index in [4.69, 9.17) is 5.11 Å². The maximum atomic E-state index is 11.8. The number of nitrogens with zero attached hydrogens (tertiary/aromatic N) is 1. The predicted octanol–water partition coefficient (Wildman–Crippen LogP) is -0.608. The van der Waals surface area contributed by atoms with Crippen LogP contribution in [0.4, 0.5) is 0 Å². The van der Waals surface area contributed by atoms with Crippen molar-refractivity contribution in [3.05, 3.63) is 22.4 Å². The number of imidazole rings is 1. The molecule has 1 fully saturated rings. The molecule has 7 nitrogen and oxygen atoms in total. The fourth-order valence-electron chi connectivity index (χ4n) is 1.50. The number of rotatable bonds is 4. The highest BCUT2D eigenvalue weighted by molar-refractivity contribution is 5.94. The van der Waals surface area contributed by atoms with Gasteiger partial charge in [0.1, 0.15) is 12.2 Å². The maximum absolute atomic E-state index is 11.8. The number of hydrogen-bond acceptors (Lipinski definition) is 3. The number of carboxylic acids is 1. The van der Waals surface area contributed by atoms with Crippen molar-refractivity contribution in [2.24, 2.45) is 0 Å². The zero-order valence-electron chi connectivity index (χ0n) is 8.40. The quantitative estimate of drug-likeness (QED) is 0.635. The molecule has 16 heavy (non-hydrogen) atoms. The highest BCUT2D eigenvalue weighted by Gasteiger charge is 2.34. The monoisotopic (exact) mass is 225 g/mol. The van der Waals surface area contributed by atoms with Gasteiger partial charge in [-0.3, -0.25) is 9.59 Å². The number of nitrogens with one attached hydrogen (secondary N) is 2. The Morgan fingerprint density at radius 2 is 2.19 bits per heavy atom. The van der Waals surface area contributed by atoms with Gasteiger partial charge in [0, 0.05) is 12.2 Å². The first-order valence-corrected chi connectivity index (χ1v) is 4.88. The minimum Gasteiger partial charge on any atom is -0.480 e. The summed E-state index contributed by atoms with van der Waals surface area (Å²) in [6.45, 7) is -0.337. The molecule has 1 amide bonds. The van der Waals surface area contributed by atoms with Crippen LogP contribution < -0.4 is 5.69 Å². The number of amides is 1. The highest BCUT2D eigenvalue weighted by atomic mass is 16.4. The van der Waals surface area contributed by atoms with E-state index in [2.05, 4.69) is 9.97 Å². The predicted molar refractivity (Wildman–Crippen MR) is 53.1 cm³/mol. The first-order valence-electron chi connectivity index (χ1n) is 4.88. The van der Waals surface area contributed by atoms with E-state index in [1.54, 1.807) is 0 Å². The Kier molecular flexibility index (Phi) is 2.51. The van der Waals surface area contributed by atoms with Gasteiger partial charge >= 0.3 is 11.7 Å². The summed E-state index contributed by atoms with van der Waals surface area (Å²) >= 11 is 0. The Hall–Kier alpha value is -2.05. The van der Waals surface area contributed by atoms with Gasteiger partial charge in [-0.2, -0.15) is 0 Å². The number of aromatic nitrogens is 2. The first-order chi connectivity index (χ1) is 7.58. The third kappa shape index (κ3) is 2.13. The lowest BCUT2D eigenvalue weighted by Gasteiger charge is -2.18. The standard InChI is InChI=1S/C9H11N3O4/c13-7(14)4-12(5-1-2-5)8(15)6-3-10-9(16)11-6/h3,5H,1-2,4H2,(H,13,14)(H2,10,11,16). The number of aromatic amines is 2. The van der Waals surface area contributed by atoms with Gasteiger partial charge in [0.15, 0.2) is 0 Å². The van der Waals surface area contributed by atoms with Gasteiger partial charge in [-0.05, 0) is 12.8 Å². The van der Waals surface area contributed by atoms with Crippen LogP contribution in [-0.4, -0.2) is 44.4 Å². The van der Waals surface area contributed by atoms with Crippen molar-refractivity contribution in [3.8, 4) is 0 Å². The third-order valence-corrected chi connectivity index (χ3v) is 2.38. The average Bonchev–Trinajstić information content (AvgIpc) is 2.96. The van der Waals surface area contributed by atoms with Crippen molar-refractivity contribution < 1.29 is 14.7 Å². The van der Waals surface area contributed by atoms with Crippen LogP contribution in [0.3, 0.4) is 0 Å². The molecule has 0 spiro atoms. The number of carbonyl (C=O) groups excluding carboxylic acids is 1. The van der Waals surface area contributed by atoms with Crippen LogP contribution >= 0.6 is 0 Å². The molecule has 7 heteroatoms. The van der Waals surface area contributed by atoms with E-state index < -0.39 is 17.6 Å². The number of carboxylic acid groups (broad SMARTS) is 1. The summed E-state index contributed by atoms with van der Waals surface area (Å²) in [7, 11) is 0. The molecule has 1 aliphatic rings. The molecular formula is C9H11N3O4. The zero-order chi connectivity index (χ0) is 11.7. The number of H-pyrrole nitrogens is 2. The number of carbonyl (C=O) groups is 2. The molecule has 1 aliphatic carbocycles. The number of aliphatic carboxylic acids is 1. The second kappa shape index (κ2) is 3.84. The van der Waals surface area contributed by atoms with Crippen LogP contribution in [0.5, 0.6) is 0 Å². The van der Waals surface area contributed by atoms with Crippen molar-refractivity contribution in [3.63, 3.8) is 0 Å². The second-order valence-corrected chi connectivity index (χ2v) is 3.71. The van der Waals surface area contributed by atoms with Gasteiger partial charge in [-0.25, -0.2) is 4.79 Å². The average molecular weight is 225 g/mol. The maximum Gasteiger partial charge on any atom is 0.323 e. The third-order valence-electron chi connectivity index (χ3n) is 2.38. The van der Waals surface area contributed by atoms with Crippen LogP contribution in [0.1, 0.15) is 23.3 Å². The Morgan fingerprint density at radius 3 is 2.62 bits per heavy atom. The lowest BCUT2D eigenvalue weighted by molar-refractivity contribution is -0.137. The van der Waals surface area contributed by atoms with E-state index in [9.17, 15) is 14.4 Å². The normalized spacial score (nSPS) is 14.8. The van der Waals surface area contributed by atoms with E-state index in [1.807, 2.05) is 0 Å². The highest BCUT2D eigenvalue weighted by Crippen LogP contribution is 2.27. The van der Waals surface area contributed by atoms with Crippen LogP contribution in [0.15, 0.2) is 11.0 Å². The summed E-state index contributed by atoms with van der Waals surface area (Å²) < 4.78 is 0. The lowest BCUT2D eigenvalue weighted by Crippen LogP contribution is -2.37. The van der Waals surface area contributed by atoms with Gasteiger partial charge in [0.2, 0.25) is 0 Å². The Morgan fingerprint density at radius 1 is 1.50 bits per heavy atom. The minimum absolute atomic E-state index is 0.0120. The van der Waals surface area contributed by atoms with Gasteiger partial charge in [-0.15, -0.1) is 0 Å². The molecule has 1 saturated carbocycles. The molecule has 1 aromatic rings. The SMILES string of the molecule is O=C(O)CN(C(=O)c1c[nH]c(=O)[nH]1)C1CC1. The van der Waals surface area contributed by atoms with Gasteiger partial charge < -0.3 is 20.0 Å². The molecule has 0 radical (unpaired) electrons. The minimum atomic E-state index is -1.06. The van der Waals surface area contributed by atoms with Crippen LogP contribution in [0, 0.1) is 0 Å². The molecule has 0 bridgehead atoms. The summed E-state index contributed by atoms with van der Waals surface area (Å²) in [5.41, 5.74) is -0.382. The Labute approximate surface area is 90.1 Å². The molecule has 3 N–H and O–H groups in total. The van der Waals surface area contributed by atoms with E-state index in [-0.39, 0.29) is 18.3 Å². The van der Waals surface area contributed by atoms with E-state index in [1.165, 1.54) is 11.1 Å². The Balaban J connectivity index is 2.16. The fraction of sp³-hybridized carbons (Fsp3) is 0.444. The van der Waals surface area contributed by atoms with Gasteiger partial charge in [-0.1, -0.05) is 0 Å². The zero-order valence-corrected chi connectivity index (χ0v) is 8.40. The van der Waals surface area contributed by atoms with Crippen molar-refractivity contribution >= 4 is 11.9 Å². The second-order valence-electron chi connectivity index (χ2n) is 3.71. The molecule has 0 aliphatic heterocycles. The van der Waals surface area contributed by atoms with Crippen molar-refractivity contribution in [2.45, 2.75) is 18.9 Å². The molecule has 0 unspecified atom stereocenters. The molecule has 2 rings (SSSR count). The van der Waals surface area contributed by atoms with Crippen molar-refractivity contribution in [1.82, 2.24) is 14.9 Å². The molecule has 1 aromatic heterocycles. The summed E-state index contributed by atoms with van der Waals surface area (Å²) in [5.74, 6) is -1.51. The van der Waals surface area contributed by atoms with Gasteiger partial charge in [0.05, 0.1) is 0 Å². The fourth-order valence-corrected chi connectivity index (χ4v) is 1.50. The summed E-state index contributed by atoms with van der Waals surface area (Å²) in [5, 5.41) is 8.69. The van der Waals surface area contributed by atoms with Crippen LogP contribution in [0.25, 0.3) is 0 Å². The van der Waals surface area contributed by atoms with Crippen LogP contribution in [0.2, 0.25) is 0 Å². The first kappa shape index (κ1) is 10.5. The molecule has 86 valence electrons. The summed E-state index contributed by atoms with van der Waals surface area (Å²) in [4.78, 5) is 39.2. The van der Waals surface area contributed by atoms with Crippen LogP contribution in [-0.2, 0) is 4.79 Å². The number of hydrogen-bond donors (Lipinski definition) is 3. The Bertz CT molecular complexity index is 471. The smallest absolute Gasteiger partial charge is 0.323 e. The molecule has 0 saturated heterocycles. The largest absolute Gasteiger partial charge is 0.480 e. The van der Waals surface area contributed by atoms with Crippen molar-refractivity contribution in [2.75, 3.05) is 6.54 Å². The molecule has 0 atom stereocenters. The molecular weight excluding hydrogens is 214 g/mol. The summed E-state index contributed by atoms with van der Waals surface area (Å²) in [6.07, 6.45) is 2.88. The van der Waals surface area contributed by atoms with E-state index in [0.29, 0.717) is 0 Å². The van der Waals surface area contributed by atoms with E-state index >= 15 is 0 Å². The lowest BCUT2D eigenvalue weighted by atomic mass is 10.3. The molecule has 0 aromatic carbocycles. The van der Waals surface area contributed by atoms with E-state index in [0.717, 1.165) is 12.8 Å². The summed E-state index contributed by atoms with van der Waals surface area (Å²) in [6, 6.07) is -0.0120.